The lowest BCUT2D eigenvalue weighted by Gasteiger charge is -2.21. The van der Waals surface area contributed by atoms with Gasteiger partial charge in [0.25, 0.3) is 0 Å². The summed E-state index contributed by atoms with van der Waals surface area (Å²) in [5.74, 6) is 0.556. The lowest BCUT2D eigenvalue weighted by Crippen LogP contribution is -2.24. The number of para-hydroxylation sites is 1. The Hall–Kier alpha value is -1.38. The fraction of sp³-hybridized carbons (Fsp3) is 0.167. The second-order valence-corrected chi connectivity index (χ2v) is 7.51. The minimum atomic E-state index is -3.29. The fourth-order valence-corrected chi connectivity index (χ4v) is 3.61. The lowest BCUT2D eigenvalue weighted by molar-refractivity contribution is 0.599. The zero-order valence-corrected chi connectivity index (χ0v) is 13.8. The average molecular weight is 390 g/mol. The summed E-state index contributed by atoms with van der Waals surface area (Å²) in [6.45, 7) is 0. The molecule has 0 saturated carbocycles. The first-order chi connectivity index (χ1) is 9.94. The van der Waals surface area contributed by atoms with Gasteiger partial charge in [0.05, 0.1) is 21.6 Å². The largest absolute Gasteiger partial charge is 0.337 e. The molecule has 0 aliphatic carbocycles. The number of nitrogens with zero attached hydrogens (tertiary/aromatic N) is 2. The quantitative estimate of drug-likeness (QED) is 0.772. The van der Waals surface area contributed by atoms with Crippen molar-refractivity contribution in [1.29, 1.82) is 0 Å². The second kappa shape index (κ2) is 5.43. The van der Waals surface area contributed by atoms with Crippen LogP contribution in [0.25, 0.3) is 0 Å². The molecule has 2 aromatic rings. The number of halogens is 2. The zero-order chi connectivity index (χ0) is 15.0. The molecule has 0 fully saturated rings. The summed E-state index contributed by atoms with van der Waals surface area (Å²) in [6.07, 6.45) is 2.00. The molecule has 0 radical (unpaired) electrons. The van der Waals surface area contributed by atoms with Crippen molar-refractivity contribution in [3.8, 4) is 0 Å². The third kappa shape index (κ3) is 3.12. The molecule has 1 aliphatic heterocycles. The first kappa shape index (κ1) is 14.6. The summed E-state index contributed by atoms with van der Waals surface area (Å²) >= 11 is 9.10. The van der Waals surface area contributed by atoms with Crippen LogP contribution in [-0.2, 0) is 16.4 Å². The normalized spacial score (nSPS) is 15.9. The number of aromatic nitrogens is 2. The van der Waals surface area contributed by atoms with Crippen molar-refractivity contribution in [2.24, 2.45) is 0 Å². The van der Waals surface area contributed by atoms with E-state index in [0.717, 1.165) is 5.56 Å². The molecule has 0 bridgehead atoms. The summed E-state index contributed by atoms with van der Waals surface area (Å²) < 4.78 is 26.7. The van der Waals surface area contributed by atoms with Crippen LogP contribution in [0.5, 0.6) is 0 Å². The van der Waals surface area contributed by atoms with Crippen LogP contribution in [-0.4, -0.2) is 24.1 Å². The maximum atomic E-state index is 11.7. The highest BCUT2D eigenvalue weighted by Crippen LogP contribution is 2.34. The van der Waals surface area contributed by atoms with Crippen molar-refractivity contribution >= 4 is 54.7 Å². The van der Waals surface area contributed by atoms with Gasteiger partial charge in [-0.05, 0) is 45.6 Å². The molecule has 0 amide bonds. The molecule has 1 aliphatic rings. The first-order valence-electron chi connectivity index (χ1n) is 6.02. The predicted molar refractivity (Wildman–Crippen MR) is 85.6 cm³/mol. The maximum absolute atomic E-state index is 11.7. The monoisotopic (exact) mass is 388 g/mol. The van der Waals surface area contributed by atoms with Gasteiger partial charge in [0.2, 0.25) is 15.3 Å². The number of fused-ring (bicyclic) bond motifs is 1. The standard InChI is InChI=1S/C12H10BrClN4O2S/c13-8-6-15-12(14)17-11(8)16-9-3-1-2-7-4-5-21(19,20)18-10(7)9/h1-3,6,18H,4-5H2,(H,15,16,17). The third-order valence-electron chi connectivity index (χ3n) is 3.02. The minimum absolute atomic E-state index is 0.0898. The van der Waals surface area contributed by atoms with E-state index in [1.807, 2.05) is 12.1 Å². The highest BCUT2D eigenvalue weighted by atomic mass is 79.9. The first-order valence-corrected chi connectivity index (χ1v) is 8.84. The van der Waals surface area contributed by atoms with Crippen LogP contribution in [0.3, 0.4) is 0 Å². The number of sulfonamides is 1. The molecule has 9 heteroatoms. The molecule has 0 unspecified atom stereocenters. The molecule has 1 aromatic heterocycles. The van der Waals surface area contributed by atoms with Gasteiger partial charge in [-0.25, -0.2) is 13.4 Å². The Bertz CT molecular complexity index is 813. The van der Waals surface area contributed by atoms with E-state index in [1.165, 1.54) is 6.20 Å². The van der Waals surface area contributed by atoms with E-state index >= 15 is 0 Å². The lowest BCUT2D eigenvalue weighted by atomic mass is 10.1. The highest BCUT2D eigenvalue weighted by Gasteiger charge is 2.22. The van der Waals surface area contributed by atoms with Crippen molar-refractivity contribution in [1.82, 2.24) is 9.97 Å². The summed E-state index contributed by atoms with van der Waals surface area (Å²) in [4.78, 5) is 7.92. The van der Waals surface area contributed by atoms with Gasteiger partial charge >= 0.3 is 0 Å². The number of aryl methyl sites for hydroxylation is 1. The Balaban J connectivity index is 2.02. The topological polar surface area (TPSA) is 84.0 Å². The molecule has 0 saturated heterocycles. The van der Waals surface area contributed by atoms with Gasteiger partial charge in [-0.3, -0.25) is 4.72 Å². The van der Waals surface area contributed by atoms with Gasteiger partial charge < -0.3 is 5.32 Å². The predicted octanol–water partition coefficient (Wildman–Crippen LogP) is 2.93. The molecule has 6 nitrogen and oxygen atoms in total. The van der Waals surface area contributed by atoms with E-state index in [4.69, 9.17) is 11.6 Å². The van der Waals surface area contributed by atoms with Gasteiger partial charge in [-0.2, -0.15) is 4.98 Å². The number of hydrogen-bond donors (Lipinski definition) is 2. The SMILES string of the molecule is O=S1(=O)CCc2cccc(Nc3nc(Cl)ncc3Br)c2N1. The summed E-state index contributed by atoms with van der Waals surface area (Å²) in [6, 6.07) is 5.52. The van der Waals surface area contributed by atoms with Gasteiger partial charge in [0.15, 0.2) is 0 Å². The smallest absolute Gasteiger partial charge is 0.233 e. The van der Waals surface area contributed by atoms with Crippen LogP contribution in [0.4, 0.5) is 17.2 Å². The van der Waals surface area contributed by atoms with Gasteiger partial charge in [0, 0.05) is 6.20 Å². The Morgan fingerprint density at radius 3 is 3.00 bits per heavy atom. The number of rotatable bonds is 2. The Morgan fingerprint density at radius 1 is 1.38 bits per heavy atom. The number of hydrogen-bond acceptors (Lipinski definition) is 5. The average Bonchev–Trinajstić information content (AvgIpc) is 2.43. The van der Waals surface area contributed by atoms with Crippen LogP contribution < -0.4 is 10.0 Å². The molecule has 2 heterocycles. The van der Waals surface area contributed by atoms with Gasteiger partial charge in [0.1, 0.15) is 5.82 Å². The number of anilines is 3. The second-order valence-electron chi connectivity index (χ2n) is 4.47. The Labute approximate surface area is 135 Å². The third-order valence-corrected chi connectivity index (χ3v) is 5.04. The molecule has 0 atom stereocenters. The molecule has 110 valence electrons. The van der Waals surface area contributed by atoms with Crippen molar-refractivity contribution in [2.45, 2.75) is 6.42 Å². The Kier molecular flexibility index (Phi) is 3.76. The van der Waals surface area contributed by atoms with Gasteiger partial charge in [-0.1, -0.05) is 12.1 Å². The zero-order valence-electron chi connectivity index (χ0n) is 10.6. The highest BCUT2D eigenvalue weighted by molar-refractivity contribution is 9.10. The van der Waals surface area contributed by atoms with Crippen molar-refractivity contribution in [2.75, 3.05) is 15.8 Å². The van der Waals surface area contributed by atoms with Crippen LogP contribution in [0.2, 0.25) is 5.28 Å². The van der Waals surface area contributed by atoms with E-state index in [0.29, 0.717) is 28.1 Å². The van der Waals surface area contributed by atoms with Crippen LogP contribution >= 0.6 is 27.5 Å². The van der Waals surface area contributed by atoms with Crippen LogP contribution in [0.1, 0.15) is 5.56 Å². The maximum Gasteiger partial charge on any atom is 0.233 e. The molecule has 1 aromatic carbocycles. The molecule has 3 rings (SSSR count). The van der Waals surface area contributed by atoms with E-state index < -0.39 is 10.0 Å². The molecular formula is C12H10BrClN4O2S. The van der Waals surface area contributed by atoms with Crippen LogP contribution in [0.15, 0.2) is 28.9 Å². The minimum Gasteiger partial charge on any atom is -0.337 e. The molecular weight excluding hydrogens is 380 g/mol. The van der Waals surface area contributed by atoms with E-state index in [9.17, 15) is 8.42 Å². The summed E-state index contributed by atoms with van der Waals surface area (Å²) in [7, 11) is -3.29. The van der Waals surface area contributed by atoms with E-state index in [-0.39, 0.29) is 11.0 Å². The number of nitrogens with one attached hydrogen (secondary N) is 2. The van der Waals surface area contributed by atoms with Crippen molar-refractivity contribution in [3.05, 3.63) is 39.7 Å². The summed E-state index contributed by atoms with van der Waals surface area (Å²) in [5, 5.41) is 3.17. The Morgan fingerprint density at radius 2 is 2.19 bits per heavy atom. The summed E-state index contributed by atoms with van der Waals surface area (Å²) in [5.41, 5.74) is 2.10. The molecule has 2 N–H and O–H groups in total. The molecule has 21 heavy (non-hydrogen) atoms. The van der Waals surface area contributed by atoms with Crippen molar-refractivity contribution in [3.63, 3.8) is 0 Å². The van der Waals surface area contributed by atoms with Gasteiger partial charge in [-0.15, -0.1) is 0 Å². The fourth-order valence-electron chi connectivity index (χ4n) is 2.04. The number of benzene rings is 1. The molecule has 0 spiro atoms. The van der Waals surface area contributed by atoms with E-state index in [1.54, 1.807) is 6.07 Å². The van der Waals surface area contributed by atoms with Crippen molar-refractivity contribution < 1.29 is 8.42 Å². The van der Waals surface area contributed by atoms with E-state index in [2.05, 4.69) is 35.9 Å². The van der Waals surface area contributed by atoms with Crippen LogP contribution in [0, 0.1) is 0 Å².